The number of rotatable bonds is 5. The average molecular weight is 224 g/mol. The number of carbonyl (C=O) groups excluding carboxylic acids is 3. The molecule has 0 bridgehead atoms. The third-order valence-corrected chi connectivity index (χ3v) is 2.50. The predicted molar refractivity (Wildman–Crippen MR) is 58.5 cm³/mol. The fourth-order valence-corrected chi connectivity index (χ4v) is 1.66. The van der Waals surface area contributed by atoms with Gasteiger partial charge in [0.25, 0.3) is 0 Å². The molecule has 0 radical (unpaired) electrons. The smallest absolute Gasteiger partial charge is 0.277 e. The number of imide groups is 2. The minimum Gasteiger partial charge on any atom is -0.277 e. The Morgan fingerprint density at radius 1 is 1.50 bits per heavy atom. The second kappa shape index (κ2) is 5.44. The van der Waals surface area contributed by atoms with Gasteiger partial charge in [-0.1, -0.05) is 25.8 Å². The molecule has 1 atom stereocenters. The number of amides is 4. The topological polar surface area (TPSA) is 66.5 Å². The molecule has 16 heavy (non-hydrogen) atoms. The van der Waals surface area contributed by atoms with E-state index >= 15 is 0 Å². The van der Waals surface area contributed by atoms with Crippen molar-refractivity contribution in [3.05, 3.63) is 12.7 Å². The molecule has 4 amide bonds. The number of nitrogens with zero attached hydrogens (tertiary/aromatic N) is 1. The number of unbranched alkanes of at least 4 members (excludes halogenated alkanes) is 1. The van der Waals surface area contributed by atoms with Crippen molar-refractivity contribution in [3.63, 3.8) is 0 Å². The normalized spacial score (nSPS) is 18.3. The van der Waals surface area contributed by atoms with Crippen molar-refractivity contribution in [2.75, 3.05) is 0 Å². The van der Waals surface area contributed by atoms with E-state index in [0.717, 1.165) is 17.7 Å². The van der Waals surface area contributed by atoms with Crippen LogP contribution in [0, 0.1) is 0 Å². The van der Waals surface area contributed by atoms with E-state index in [9.17, 15) is 14.4 Å². The first-order chi connectivity index (χ1) is 7.60. The van der Waals surface area contributed by atoms with E-state index < -0.39 is 17.8 Å². The van der Waals surface area contributed by atoms with E-state index in [2.05, 4.69) is 11.9 Å². The highest BCUT2D eigenvalue weighted by Gasteiger charge is 2.34. The summed E-state index contributed by atoms with van der Waals surface area (Å²) in [7, 11) is 0. The van der Waals surface area contributed by atoms with Crippen LogP contribution in [0.15, 0.2) is 12.7 Å². The van der Waals surface area contributed by atoms with Crippen LogP contribution in [-0.4, -0.2) is 28.8 Å². The first-order valence-electron chi connectivity index (χ1n) is 5.38. The number of urea groups is 1. The van der Waals surface area contributed by atoms with Crippen molar-refractivity contribution in [3.8, 4) is 0 Å². The van der Waals surface area contributed by atoms with Gasteiger partial charge in [-0.25, -0.2) is 4.79 Å². The monoisotopic (exact) mass is 224 g/mol. The maximum Gasteiger partial charge on any atom is 0.331 e. The van der Waals surface area contributed by atoms with Crippen LogP contribution in [-0.2, 0) is 9.59 Å². The molecule has 1 N–H and O–H groups in total. The molecular formula is C11H16N2O3. The highest BCUT2D eigenvalue weighted by Crippen LogP contribution is 2.14. The summed E-state index contributed by atoms with van der Waals surface area (Å²) < 4.78 is 0. The highest BCUT2D eigenvalue weighted by atomic mass is 16.2. The zero-order valence-corrected chi connectivity index (χ0v) is 9.36. The summed E-state index contributed by atoms with van der Waals surface area (Å²) in [5.74, 6) is -0.987. The Morgan fingerprint density at radius 2 is 2.19 bits per heavy atom. The standard InChI is InChI=1S/C11H16N2O3/c1-3-5-6-8(4-2)13-10(15)7-9(14)12-11(13)16/h4,8H,2-3,5-7H2,1H3,(H,12,14,16). The van der Waals surface area contributed by atoms with Gasteiger partial charge in [0.05, 0.1) is 6.04 Å². The van der Waals surface area contributed by atoms with E-state index in [0.29, 0.717) is 6.42 Å². The third kappa shape index (κ3) is 2.68. The summed E-state index contributed by atoms with van der Waals surface area (Å²) in [5.41, 5.74) is 0. The lowest BCUT2D eigenvalue weighted by molar-refractivity contribution is -0.137. The Balaban J connectivity index is 2.75. The number of hydrogen-bond acceptors (Lipinski definition) is 3. The maximum atomic E-state index is 11.6. The molecule has 1 unspecified atom stereocenters. The second-order valence-electron chi connectivity index (χ2n) is 3.74. The van der Waals surface area contributed by atoms with Crippen molar-refractivity contribution in [2.45, 2.75) is 38.6 Å². The van der Waals surface area contributed by atoms with Gasteiger partial charge in [0.2, 0.25) is 11.8 Å². The second-order valence-corrected chi connectivity index (χ2v) is 3.74. The zero-order valence-electron chi connectivity index (χ0n) is 9.36. The van der Waals surface area contributed by atoms with Crippen LogP contribution in [0.4, 0.5) is 4.79 Å². The maximum absolute atomic E-state index is 11.6. The van der Waals surface area contributed by atoms with Gasteiger partial charge in [-0.05, 0) is 6.42 Å². The Hall–Kier alpha value is -1.65. The fourth-order valence-electron chi connectivity index (χ4n) is 1.66. The molecule has 5 heteroatoms. The number of carbonyl (C=O) groups is 3. The summed E-state index contributed by atoms with van der Waals surface area (Å²) in [6.45, 7) is 5.65. The summed E-state index contributed by atoms with van der Waals surface area (Å²) in [6.07, 6.45) is 3.88. The quantitative estimate of drug-likeness (QED) is 0.563. The molecule has 0 saturated carbocycles. The van der Waals surface area contributed by atoms with E-state index in [4.69, 9.17) is 0 Å². The van der Waals surface area contributed by atoms with Gasteiger partial charge in [-0.2, -0.15) is 0 Å². The minimum atomic E-state index is -0.637. The molecule has 0 spiro atoms. The van der Waals surface area contributed by atoms with Gasteiger partial charge in [0.1, 0.15) is 6.42 Å². The number of hydrogen-bond donors (Lipinski definition) is 1. The lowest BCUT2D eigenvalue weighted by Gasteiger charge is -2.30. The molecule has 0 aromatic heterocycles. The van der Waals surface area contributed by atoms with Crippen LogP contribution in [0.25, 0.3) is 0 Å². The van der Waals surface area contributed by atoms with Crippen LogP contribution in [0.2, 0.25) is 0 Å². The SMILES string of the molecule is C=CC(CCCC)N1C(=O)CC(=O)NC1=O. The van der Waals surface area contributed by atoms with Gasteiger partial charge in [0.15, 0.2) is 0 Å². The van der Waals surface area contributed by atoms with Gasteiger partial charge in [0, 0.05) is 0 Å². The Bertz CT molecular complexity index is 305. The molecule has 0 aromatic rings. The Morgan fingerprint density at radius 3 is 2.69 bits per heavy atom. The van der Waals surface area contributed by atoms with Crippen LogP contribution < -0.4 is 5.32 Å². The molecule has 1 fully saturated rings. The Labute approximate surface area is 94.5 Å². The first-order valence-corrected chi connectivity index (χ1v) is 5.38. The van der Waals surface area contributed by atoms with Gasteiger partial charge >= 0.3 is 6.03 Å². The van der Waals surface area contributed by atoms with Crippen molar-refractivity contribution in [1.82, 2.24) is 10.2 Å². The van der Waals surface area contributed by atoms with Crippen molar-refractivity contribution < 1.29 is 14.4 Å². The van der Waals surface area contributed by atoms with Gasteiger partial charge in [-0.15, -0.1) is 6.58 Å². The lowest BCUT2D eigenvalue weighted by Crippen LogP contribution is -2.56. The largest absolute Gasteiger partial charge is 0.331 e. The number of barbiturate groups is 1. The molecule has 1 heterocycles. The van der Waals surface area contributed by atoms with Gasteiger partial charge < -0.3 is 0 Å². The molecule has 1 aliphatic heterocycles. The Kier molecular flexibility index (Phi) is 4.22. The molecule has 5 nitrogen and oxygen atoms in total. The molecule has 88 valence electrons. The van der Waals surface area contributed by atoms with Crippen LogP contribution in [0.1, 0.15) is 32.6 Å². The predicted octanol–water partition coefficient (Wildman–Crippen LogP) is 1.20. The molecule has 1 aliphatic rings. The van der Waals surface area contributed by atoms with Crippen LogP contribution >= 0.6 is 0 Å². The molecule has 0 aliphatic carbocycles. The van der Waals surface area contributed by atoms with Crippen LogP contribution in [0.5, 0.6) is 0 Å². The summed E-state index contributed by atoms with van der Waals surface area (Å²) in [6, 6.07) is -0.956. The summed E-state index contributed by atoms with van der Waals surface area (Å²) >= 11 is 0. The van der Waals surface area contributed by atoms with E-state index in [1.807, 2.05) is 6.92 Å². The minimum absolute atomic E-state index is 0.262. The fraction of sp³-hybridized carbons (Fsp3) is 0.545. The number of nitrogens with one attached hydrogen (secondary N) is 1. The van der Waals surface area contributed by atoms with Crippen molar-refractivity contribution in [1.29, 1.82) is 0 Å². The van der Waals surface area contributed by atoms with Crippen molar-refractivity contribution in [2.24, 2.45) is 0 Å². The third-order valence-electron chi connectivity index (χ3n) is 2.50. The lowest BCUT2D eigenvalue weighted by atomic mass is 10.1. The summed E-state index contributed by atoms with van der Waals surface area (Å²) in [5, 5.41) is 2.13. The first kappa shape index (κ1) is 12.4. The van der Waals surface area contributed by atoms with Crippen molar-refractivity contribution >= 4 is 17.8 Å². The zero-order chi connectivity index (χ0) is 12.1. The van der Waals surface area contributed by atoms with E-state index in [1.165, 1.54) is 0 Å². The molecule has 1 rings (SSSR count). The molecule has 1 saturated heterocycles. The van der Waals surface area contributed by atoms with E-state index in [1.54, 1.807) is 6.08 Å². The van der Waals surface area contributed by atoms with Gasteiger partial charge in [-0.3, -0.25) is 19.8 Å². The van der Waals surface area contributed by atoms with Crippen LogP contribution in [0.3, 0.4) is 0 Å². The molecular weight excluding hydrogens is 208 g/mol. The average Bonchev–Trinajstić information content (AvgIpc) is 2.21. The highest BCUT2D eigenvalue weighted by molar-refractivity contribution is 6.14. The van der Waals surface area contributed by atoms with E-state index in [-0.39, 0.29) is 12.5 Å². The molecule has 0 aromatic carbocycles. The summed E-state index contributed by atoms with van der Waals surface area (Å²) in [4.78, 5) is 35.1.